The summed E-state index contributed by atoms with van der Waals surface area (Å²) in [6, 6.07) is 3.79. The highest BCUT2D eigenvalue weighted by Crippen LogP contribution is 2.32. The van der Waals surface area contributed by atoms with E-state index < -0.39 is 0 Å². The molecule has 2 amide bonds. The van der Waals surface area contributed by atoms with Gasteiger partial charge in [-0.1, -0.05) is 18.1 Å². The van der Waals surface area contributed by atoms with Crippen LogP contribution in [0.4, 0.5) is 14.9 Å². The van der Waals surface area contributed by atoms with E-state index in [2.05, 4.69) is 15.8 Å². The summed E-state index contributed by atoms with van der Waals surface area (Å²) >= 11 is 0. The average Bonchev–Trinajstić information content (AvgIpc) is 2.78. The molecule has 1 aromatic heterocycles. The number of nitrogens with one attached hydrogen (secondary N) is 2. The summed E-state index contributed by atoms with van der Waals surface area (Å²) < 4.78 is 24.1. The van der Waals surface area contributed by atoms with Crippen LogP contribution < -0.4 is 15.4 Å². The van der Waals surface area contributed by atoms with E-state index in [0.717, 1.165) is 18.4 Å². The Kier molecular flexibility index (Phi) is 4.69. The maximum Gasteiger partial charge on any atom is 0.319 e. The largest absolute Gasteiger partial charge is 0.493 e. The Morgan fingerprint density at radius 3 is 3.08 bits per heavy atom. The maximum absolute atomic E-state index is 13.4. The Labute approximate surface area is 139 Å². The number of hydrogen-bond donors (Lipinski definition) is 2. The lowest BCUT2D eigenvalue weighted by atomic mass is 10.0. The van der Waals surface area contributed by atoms with Crippen molar-refractivity contribution in [3.63, 3.8) is 0 Å². The number of halogens is 1. The Balaban J connectivity index is 1.76. The fraction of sp³-hybridized carbons (Fsp3) is 0.412. The van der Waals surface area contributed by atoms with Gasteiger partial charge in [0.05, 0.1) is 12.6 Å². The molecule has 24 heavy (non-hydrogen) atoms. The van der Waals surface area contributed by atoms with Crippen LogP contribution in [0.1, 0.15) is 42.8 Å². The van der Waals surface area contributed by atoms with Gasteiger partial charge in [-0.05, 0) is 32.3 Å². The number of rotatable bonds is 3. The number of benzene rings is 1. The fourth-order valence-electron chi connectivity index (χ4n) is 2.82. The number of aromatic nitrogens is 1. The van der Waals surface area contributed by atoms with Crippen LogP contribution in [0, 0.1) is 12.7 Å². The lowest BCUT2D eigenvalue weighted by Crippen LogP contribution is -2.32. The van der Waals surface area contributed by atoms with Crippen molar-refractivity contribution in [1.82, 2.24) is 10.5 Å². The van der Waals surface area contributed by atoms with E-state index in [9.17, 15) is 9.18 Å². The highest BCUT2D eigenvalue weighted by Gasteiger charge is 2.23. The van der Waals surface area contributed by atoms with Gasteiger partial charge in [0.25, 0.3) is 0 Å². The second-order valence-electron chi connectivity index (χ2n) is 5.74. The molecule has 0 radical (unpaired) electrons. The van der Waals surface area contributed by atoms with Crippen LogP contribution in [0.2, 0.25) is 0 Å². The Morgan fingerprint density at radius 1 is 1.46 bits per heavy atom. The third-order valence-electron chi connectivity index (χ3n) is 4.06. The predicted molar refractivity (Wildman–Crippen MR) is 86.6 cm³/mol. The van der Waals surface area contributed by atoms with Gasteiger partial charge in [0.2, 0.25) is 0 Å². The number of carbonyl (C=O) groups is 1. The van der Waals surface area contributed by atoms with Crippen molar-refractivity contribution in [3.8, 4) is 5.75 Å². The van der Waals surface area contributed by atoms with Crippen molar-refractivity contribution in [3.05, 3.63) is 41.0 Å². The Bertz CT molecular complexity index is 745. The second-order valence-corrected chi connectivity index (χ2v) is 5.74. The molecule has 0 spiro atoms. The Morgan fingerprint density at radius 2 is 2.29 bits per heavy atom. The number of urea groups is 1. The molecule has 6 nitrogen and oxygen atoms in total. The van der Waals surface area contributed by atoms with E-state index >= 15 is 0 Å². The number of carbonyl (C=O) groups excluding carboxylic acids is 1. The first-order chi connectivity index (χ1) is 11.6. The summed E-state index contributed by atoms with van der Waals surface area (Å²) in [5.74, 6) is 0.688. The normalized spacial score (nSPS) is 16.7. The topological polar surface area (TPSA) is 76.4 Å². The van der Waals surface area contributed by atoms with E-state index in [-0.39, 0.29) is 17.9 Å². The average molecular weight is 333 g/mol. The standard InChI is InChI=1S/C17H20FN3O3/c1-3-13-16(10(2)24-21-13)20-17(22)19-14-5-4-8-23-15-9-11(18)6-7-12(14)15/h6-7,9,14H,3-5,8H2,1-2H3,(H2,19,20,22)/t14-/m0/s1. The molecule has 128 valence electrons. The van der Waals surface area contributed by atoms with Crippen molar-refractivity contribution < 1.29 is 18.4 Å². The first-order valence-corrected chi connectivity index (χ1v) is 8.03. The fourth-order valence-corrected chi connectivity index (χ4v) is 2.82. The van der Waals surface area contributed by atoms with Gasteiger partial charge >= 0.3 is 6.03 Å². The highest BCUT2D eigenvalue weighted by atomic mass is 19.1. The van der Waals surface area contributed by atoms with Gasteiger partial charge < -0.3 is 19.9 Å². The predicted octanol–water partition coefficient (Wildman–Crippen LogP) is 3.72. The van der Waals surface area contributed by atoms with E-state index in [4.69, 9.17) is 9.26 Å². The lowest BCUT2D eigenvalue weighted by Gasteiger charge is -2.18. The second kappa shape index (κ2) is 6.90. The van der Waals surface area contributed by atoms with Crippen molar-refractivity contribution >= 4 is 11.7 Å². The van der Waals surface area contributed by atoms with Crippen LogP contribution >= 0.6 is 0 Å². The van der Waals surface area contributed by atoms with Gasteiger partial charge in [0, 0.05) is 11.6 Å². The first kappa shape index (κ1) is 16.3. The monoisotopic (exact) mass is 333 g/mol. The van der Waals surface area contributed by atoms with Crippen LogP contribution in [-0.4, -0.2) is 17.8 Å². The molecule has 7 heteroatoms. The third-order valence-corrected chi connectivity index (χ3v) is 4.06. The molecule has 3 rings (SSSR count). The zero-order valence-electron chi connectivity index (χ0n) is 13.7. The minimum absolute atomic E-state index is 0.242. The van der Waals surface area contributed by atoms with Crippen LogP contribution in [0.3, 0.4) is 0 Å². The summed E-state index contributed by atoms with van der Waals surface area (Å²) in [5.41, 5.74) is 2.08. The number of ether oxygens (including phenoxy) is 1. The van der Waals surface area contributed by atoms with Crippen molar-refractivity contribution in [2.45, 2.75) is 39.2 Å². The van der Waals surface area contributed by atoms with Gasteiger partial charge in [-0.3, -0.25) is 0 Å². The number of amides is 2. The molecule has 0 aliphatic carbocycles. The molecule has 1 aliphatic heterocycles. The molecular formula is C17H20FN3O3. The van der Waals surface area contributed by atoms with Gasteiger partial charge in [-0.25, -0.2) is 9.18 Å². The number of fused-ring (bicyclic) bond motifs is 1. The first-order valence-electron chi connectivity index (χ1n) is 8.03. The minimum Gasteiger partial charge on any atom is -0.493 e. The summed E-state index contributed by atoms with van der Waals surface area (Å²) in [4.78, 5) is 12.4. The molecule has 0 saturated carbocycles. The molecule has 0 unspecified atom stereocenters. The molecule has 1 aromatic carbocycles. The molecule has 0 bridgehead atoms. The SMILES string of the molecule is CCc1noc(C)c1NC(=O)N[C@H]1CCCOc2cc(F)ccc21. The molecule has 2 aromatic rings. The highest BCUT2D eigenvalue weighted by molar-refractivity contribution is 5.90. The zero-order chi connectivity index (χ0) is 17.1. The third kappa shape index (κ3) is 3.34. The lowest BCUT2D eigenvalue weighted by molar-refractivity contribution is 0.247. The molecule has 0 fully saturated rings. The number of aryl methyl sites for hydroxylation is 2. The van der Waals surface area contributed by atoms with Gasteiger partial charge in [-0.15, -0.1) is 0 Å². The number of nitrogens with zero attached hydrogens (tertiary/aromatic N) is 1. The van der Waals surface area contributed by atoms with Crippen LogP contribution in [0.5, 0.6) is 5.75 Å². The molecular weight excluding hydrogens is 313 g/mol. The zero-order valence-corrected chi connectivity index (χ0v) is 13.7. The minimum atomic E-state index is -0.355. The molecule has 2 heterocycles. The summed E-state index contributed by atoms with van der Waals surface area (Å²) in [6.45, 7) is 4.19. The van der Waals surface area contributed by atoms with Gasteiger partial charge in [0.1, 0.15) is 22.9 Å². The van der Waals surface area contributed by atoms with E-state index in [1.165, 1.54) is 12.1 Å². The van der Waals surface area contributed by atoms with E-state index in [1.807, 2.05) is 6.92 Å². The van der Waals surface area contributed by atoms with Crippen LogP contribution in [0.15, 0.2) is 22.7 Å². The number of anilines is 1. The van der Waals surface area contributed by atoms with Crippen molar-refractivity contribution in [2.75, 3.05) is 11.9 Å². The molecule has 1 atom stereocenters. The Hall–Kier alpha value is -2.57. The molecule has 1 aliphatic rings. The van der Waals surface area contributed by atoms with Crippen molar-refractivity contribution in [1.29, 1.82) is 0 Å². The van der Waals surface area contributed by atoms with E-state index in [0.29, 0.717) is 35.9 Å². The summed E-state index contributed by atoms with van der Waals surface area (Å²) in [6.07, 6.45) is 2.15. The quantitative estimate of drug-likeness (QED) is 0.897. The van der Waals surface area contributed by atoms with Gasteiger partial charge in [-0.2, -0.15) is 0 Å². The smallest absolute Gasteiger partial charge is 0.319 e. The van der Waals surface area contributed by atoms with Crippen LogP contribution in [0.25, 0.3) is 0 Å². The van der Waals surface area contributed by atoms with Crippen LogP contribution in [-0.2, 0) is 6.42 Å². The van der Waals surface area contributed by atoms with Crippen molar-refractivity contribution in [2.24, 2.45) is 0 Å². The molecule has 0 saturated heterocycles. The molecule has 2 N–H and O–H groups in total. The van der Waals surface area contributed by atoms with E-state index in [1.54, 1.807) is 13.0 Å². The maximum atomic E-state index is 13.4. The summed E-state index contributed by atoms with van der Waals surface area (Å²) in [7, 11) is 0. The van der Waals surface area contributed by atoms with Gasteiger partial charge in [0.15, 0.2) is 5.76 Å². The summed E-state index contributed by atoms with van der Waals surface area (Å²) in [5, 5.41) is 9.64. The number of hydrogen-bond acceptors (Lipinski definition) is 4.